The molecule has 0 heterocycles. The van der Waals surface area contributed by atoms with Crippen LogP contribution in [0.15, 0.2) is 24.3 Å². The molecule has 0 saturated heterocycles. The quantitative estimate of drug-likeness (QED) is 0.844. The summed E-state index contributed by atoms with van der Waals surface area (Å²) in [7, 11) is 4.22. The second-order valence-corrected chi connectivity index (χ2v) is 5.10. The lowest BCUT2D eigenvalue weighted by Gasteiger charge is -2.32. The number of nitrogens with zero attached hydrogens (tertiary/aromatic N) is 1. The topological polar surface area (TPSA) is 29.3 Å². The lowest BCUT2D eigenvalue weighted by atomic mass is 9.78. The van der Waals surface area contributed by atoms with Crippen LogP contribution < -0.4 is 10.6 Å². The first-order valence-electron chi connectivity index (χ1n) is 6.16. The van der Waals surface area contributed by atoms with Gasteiger partial charge in [-0.3, -0.25) is 0 Å². The molecule has 1 aromatic carbocycles. The molecule has 1 saturated carbocycles. The lowest BCUT2D eigenvalue weighted by Crippen LogP contribution is -2.33. The zero-order chi connectivity index (χ0) is 11.6. The number of nitrogens with two attached hydrogens (primary N) is 1. The van der Waals surface area contributed by atoms with Gasteiger partial charge in [0.15, 0.2) is 0 Å². The highest BCUT2D eigenvalue weighted by molar-refractivity contribution is 5.56. The molecule has 0 unspecified atom stereocenters. The van der Waals surface area contributed by atoms with Crippen LogP contribution in [0.4, 0.5) is 5.69 Å². The smallest absolute Gasteiger partial charge is 0.0399 e. The average Bonchev–Trinajstić information content (AvgIpc) is 2.78. The first-order chi connectivity index (χ1) is 7.69. The Morgan fingerprint density at radius 1 is 1.19 bits per heavy atom. The minimum absolute atomic E-state index is 0.237. The maximum Gasteiger partial charge on any atom is 0.0399 e. The summed E-state index contributed by atoms with van der Waals surface area (Å²) < 4.78 is 0. The molecule has 1 aromatic rings. The summed E-state index contributed by atoms with van der Waals surface area (Å²) in [4.78, 5) is 2.20. The Balaban J connectivity index is 2.45. The Morgan fingerprint density at radius 2 is 1.81 bits per heavy atom. The normalized spacial score (nSPS) is 18.7. The first kappa shape index (κ1) is 11.5. The van der Waals surface area contributed by atoms with E-state index in [4.69, 9.17) is 5.73 Å². The first-order valence-corrected chi connectivity index (χ1v) is 6.16. The second kappa shape index (κ2) is 4.46. The van der Waals surface area contributed by atoms with E-state index in [0.29, 0.717) is 0 Å². The van der Waals surface area contributed by atoms with E-state index in [9.17, 15) is 0 Å². The molecule has 2 rings (SSSR count). The van der Waals surface area contributed by atoms with Crippen LogP contribution in [0.25, 0.3) is 0 Å². The predicted molar refractivity (Wildman–Crippen MR) is 70.0 cm³/mol. The molecule has 1 aliphatic carbocycles. The molecule has 0 atom stereocenters. The van der Waals surface area contributed by atoms with Gasteiger partial charge in [-0.05, 0) is 24.5 Å². The number of para-hydroxylation sites is 1. The van der Waals surface area contributed by atoms with Gasteiger partial charge in [-0.15, -0.1) is 0 Å². The van der Waals surface area contributed by atoms with Crippen molar-refractivity contribution < 1.29 is 0 Å². The molecule has 16 heavy (non-hydrogen) atoms. The van der Waals surface area contributed by atoms with Gasteiger partial charge in [0.25, 0.3) is 0 Å². The van der Waals surface area contributed by atoms with Crippen LogP contribution in [0.2, 0.25) is 0 Å². The molecule has 0 radical (unpaired) electrons. The maximum atomic E-state index is 6.05. The standard InChI is InChI=1S/C14H22N2/c1-16(2)13-8-4-3-7-12(13)14(11-15)9-5-6-10-14/h3-4,7-8H,5-6,9-11,15H2,1-2H3. The third-order valence-electron chi connectivity index (χ3n) is 3.91. The molecule has 0 aromatic heterocycles. The van der Waals surface area contributed by atoms with Gasteiger partial charge in [0, 0.05) is 31.7 Å². The Kier molecular flexibility index (Phi) is 3.20. The van der Waals surface area contributed by atoms with Crippen LogP contribution >= 0.6 is 0 Å². The molecular formula is C14H22N2. The van der Waals surface area contributed by atoms with Crippen molar-refractivity contribution in [2.45, 2.75) is 31.1 Å². The number of hydrogen-bond acceptors (Lipinski definition) is 2. The number of benzene rings is 1. The van der Waals surface area contributed by atoms with E-state index in [1.54, 1.807) is 0 Å². The second-order valence-electron chi connectivity index (χ2n) is 5.10. The van der Waals surface area contributed by atoms with Gasteiger partial charge in [-0.2, -0.15) is 0 Å². The lowest BCUT2D eigenvalue weighted by molar-refractivity contribution is 0.453. The van der Waals surface area contributed by atoms with Crippen LogP contribution in [0.5, 0.6) is 0 Å². The monoisotopic (exact) mass is 218 g/mol. The summed E-state index contributed by atoms with van der Waals surface area (Å²) in [6, 6.07) is 8.70. The third kappa shape index (κ3) is 1.82. The Hall–Kier alpha value is -1.02. The molecule has 2 N–H and O–H groups in total. The summed E-state index contributed by atoms with van der Waals surface area (Å²) in [6.07, 6.45) is 5.13. The summed E-state index contributed by atoms with van der Waals surface area (Å²) >= 11 is 0. The minimum atomic E-state index is 0.237. The van der Waals surface area contributed by atoms with Crippen molar-refractivity contribution in [2.75, 3.05) is 25.5 Å². The molecule has 1 aliphatic rings. The number of anilines is 1. The summed E-state index contributed by atoms with van der Waals surface area (Å²) in [5, 5.41) is 0. The fraction of sp³-hybridized carbons (Fsp3) is 0.571. The van der Waals surface area contributed by atoms with Crippen LogP contribution in [0.1, 0.15) is 31.2 Å². The fourth-order valence-corrected chi connectivity index (χ4v) is 2.95. The van der Waals surface area contributed by atoms with Crippen molar-refractivity contribution in [3.05, 3.63) is 29.8 Å². The SMILES string of the molecule is CN(C)c1ccccc1C1(CN)CCCC1. The van der Waals surface area contributed by atoms with E-state index in [-0.39, 0.29) is 5.41 Å². The predicted octanol–water partition coefficient (Wildman–Crippen LogP) is 2.52. The van der Waals surface area contributed by atoms with E-state index < -0.39 is 0 Å². The summed E-state index contributed by atoms with van der Waals surface area (Å²) in [5.74, 6) is 0. The van der Waals surface area contributed by atoms with Crippen molar-refractivity contribution >= 4 is 5.69 Å². The summed E-state index contributed by atoms with van der Waals surface area (Å²) in [6.45, 7) is 0.776. The highest BCUT2D eigenvalue weighted by Crippen LogP contribution is 2.43. The van der Waals surface area contributed by atoms with Gasteiger partial charge < -0.3 is 10.6 Å². The molecule has 0 bridgehead atoms. The molecule has 2 nitrogen and oxygen atoms in total. The molecule has 88 valence electrons. The van der Waals surface area contributed by atoms with Crippen molar-refractivity contribution in [2.24, 2.45) is 5.73 Å². The van der Waals surface area contributed by atoms with Gasteiger partial charge >= 0.3 is 0 Å². The average molecular weight is 218 g/mol. The molecule has 2 heteroatoms. The van der Waals surface area contributed by atoms with E-state index in [2.05, 4.69) is 43.3 Å². The van der Waals surface area contributed by atoms with E-state index in [0.717, 1.165) is 6.54 Å². The van der Waals surface area contributed by atoms with Crippen LogP contribution in [0.3, 0.4) is 0 Å². The number of rotatable bonds is 3. The van der Waals surface area contributed by atoms with Crippen molar-refractivity contribution in [3.63, 3.8) is 0 Å². The summed E-state index contributed by atoms with van der Waals surface area (Å²) in [5.41, 5.74) is 9.06. The maximum absolute atomic E-state index is 6.05. The molecule has 0 aliphatic heterocycles. The zero-order valence-corrected chi connectivity index (χ0v) is 10.4. The third-order valence-corrected chi connectivity index (χ3v) is 3.91. The van der Waals surface area contributed by atoms with Gasteiger partial charge in [0.05, 0.1) is 0 Å². The highest BCUT2D eigenvalue weighted by atomic mass is 15.1. The van der Waals surface area contributed by atoms with Crippen molar-refractivity contribution in [1.82, 2.24) is 0 Å². The highest BCUT2D eigenvalue weighted by Gasteiger charge is 2.36. The van der Waals surface area contributed by atoms with Crippen molar-refractivity contribution in [1.29, 1.82) is 0 Å². The Bertz CT molecular complexity index is 352. The minimum Gasteiger partial charge on any atom is -0.377 e. The Labute approximate surface area is 98.4 Å². The van der Waals surface area contributed by atoms with Crippen LogP contribution in [-0.2, 0) is 5.41 Å². The zero-order valence-electron chi connectivity index (χ0n) is 10.4. The molecule has 0 amide bonds. The van der Waals surface area contributed by atoms with E-state index in [1.807, 2.05) is 0 Å². The van der Waals surface area contributed by atoms with E-state index in [1.165, 1.54) is 36.9 Å². The van der Waals surface area contributed by atoms with Gasteiger partial charge in [-0.25, -0.2) is 0 Å². The van der Waals surface area contributed by atoms with Crippen molar-refractivity contribution in [3.8, 4) is 0 Å². The molecular weight excluding hydrogens is 196 g/mol. The van der Waals surface area contributed by atoms with E-state index >= 15 is 0 Å². The molecule has 1 fully saturated rings. The van der Waals surface area contributed by atoms with Crippen LogP contribution in [-0.4, -0.2) is 20.6 Å². The van der Waals surface area contributed by atoms with Crippen LogP contribution in [0, 0.1) is 0 Å². The van der Waals surface area contributed by atoms with Gasteiger partial charge in [-0.1, -0.05) is 31.0 Å². The Morgan fingerprint density at radius 3 is 2.38 bits per heavy atom. The van der Waals surface area contributed by atoms with Gasteiger partial charge in [0.1, 0.15) is 0 Å². The largest absolute Gasteiger partial charge is 0.377 e. The molecule has 0 spiro atoms. The van der Waals surface area contributed by atoms with Gasteiger partial charge in [0.2, 0.25) is 0 Å². The fourth-order valence-electron chi connectivity index (χ4n) is 2.95. The number of hydrogen-bond donors (Lipinski definition) is 1.